The summed E-state index contributed by atoms with van der Waals surface area (Å²) in [5, 5.41) is 8.43. The van der Waals surface area contributed by atoms with Crippen molar-refractivity contribution in [2.24, 2.45) is 21.8 Å². The van der Waals surface area contributed by atoms with Gasteiger partial charge in [0.25, 0.3) is 0 Å². The third-order valence-corrected chi connectivity index (χ3v) is 9.51. The van der Waals surface area contributed by atoms with Gasteiger partial charge in [-0.1, -0.05) is 81.6 Å². The van der Waals surface area contributed by atoms with Crippen LogP contribution in [-0.2, 0) is 21.3 Å². The molecule has 0 radical (unpaired) electrons. The summed E-state index contributed by atoms with van der Waals surface area (Å²) in [6.45, 7) is 8.16. The second-order valence-corrected chi connectivity index (χ2v) is 13.4. The number of rotatable bonds is 12. The van der Waals surface area contributed by atoms with Crippen LogP contribution < -0.4 is 16.2 Å². The molecule has 47 heavy (non-hydrogen) atoms. The second kappa shape index (κ2) is 16.5. The zero-order valence-electron chi connectivity index (χ0n) is 27.4. The maximum absolute atomic E-state index is 13.7. The van der Waals surface area contributed by atoms with Crippen LogP contribution in [0, 0.1) is 5.92 Å². The maximum Gasteiger partial charge on any atom is 0.437 e. The molecule has 0 saturated heterocycles. The number of sulfonamides is 1. The molecule has 3 aromatic rings. The van der Waals surface area contributed by atoms with Crippen molar-refractivity contribution >= 4 is 33.7 Å². The molecule has 11 nitrogen and oxygen atoms in total. The van der Waals surface area contributed by atoms with Gasteiger partial charge < -0.3 is 20.7 Å². The number of ether oxygens (including phenoxy) is 1. The summed E-state index contributed by atoms with van der Waals surface area (Å²) >= 11 is 0. The molecule has 5 N–H and O–H groups in total. The number of amides is 3. The fourth-order valence-corrected chi connectivity index (χ4v) is 6.75. The molecule has 1 aliphatic rings. The van der Waals surface area contributed by atoms with Gasteiger partial charge in [0.05, 0.1) is 4.90 Å². The molecule has 252 valence electrons. The van der Waals surface area contributed by atoms with Gasteiger partial charge in [-0.3, -0.25) is 4.90 Å². The van der Waals surface area contributed by atoms with Crippen LogP contribution in [0.5, 0.6) is 0 Å². The van der Waals surface area contributed by atoms with E-state index in [2.05, 4.69) is 10.3 Å². The largest absolute Gasteiger partial charge is 0.437 e. The number of carbonyl (C=O) groups excluding carboxylic acids is 2. The number of nitrogens with two attached hydrogens (primary N) is 2. The highest BCUT2D eigenvalue weighted by atomic mass is 32.2. The molecule has 4 rings (SSSR count). The Labute approximate surface area is 278 Å². The normalized spacial score (nSPS) is 14.9. The summed E-state index contributed by atoms with van der Waals surface area (Å²) in [5.41, 5.74) is 9.33. The van der Waals surface area contributed by atoms with Gasteiger partial charge in [-0.2, -0.15) is 4.99 Å². The van der Waals surface area contributed by atoms with Crippen molar-refractivity contribution in [1.29, 1.82) is 0 Å². The van der Waals surface area contributed by atoms with Crippen LogP contribution in [0.2, 0.25) is 0 Å². The van der Waals surface area contributed by atoms with Gasteiger partial charge in [-0.05, 0) is 74.2 Å². The van der Waals surface area contributed by atoms with Crippen molar-refractivity contribution in [3.8, 4) is 11.1 Å². The summed E-state index contributed by atoms with van der Waals surface area (Å²) < 4.78 is 29.6. The summed E-state index contributed by atoms with van der Waals surface area (Å²) in [7, 11) is -3.91. The van der Waals surface area contributed by atoms with Crippen LogP contribution in [0.3, 0.4) is 0 Å². The highest BCUT2D eigenvalue weighted by molar-refractivity contribution is 7.89. The molecule has 1 aliphatic carbocycles. The van der Waals surface area contributed by atoms with E-state index in [4.69, 9.17) is 15.6 Å². The van der Waals surface area contributed by atoms with Crippen molar-refractivity contribution < 1.29 is 22.7 Å². The number of amidine groups is 1. The first-order valence-electron chi connectivity index (χ1n) is 16.1. The minimum Gasteiger partial charge on any atom is -0.429 e. The molecule has 3 aromatic carbocycles. The van der Waals surface area contributed by atoms with Crippen LogP contribution in [0.1, 0.15) is 64.0 Å². The average molecular weight is 663 g/mol. The third-order valence-electron chi connectivity index (χ3n) is 8.54. The van der Waals surface area contributed by atoms with Gasteiger partial charge in [0.1, 0.15) is 5.84 Å². The lowest BCUT2D eigenvalue weighted by atomic mass is 9.89. The summed E-state index contributed by atoms with van der Waals surface area (Å²) in [6, 6.07) is 20.6. The van der Waals surface area contributed by atoms with Gasteiger partial charge in [-0.15, -0.1) is 0 Å². The van der Waals surface area contributed by atoms with E-state index in [1.165, 1.54) is 12.5 Å². The summed E-state index contributed by atoms with van der Waals surface area (Å²) in [6.07, 6.45) is 4.44. The first-order chi connectivity index (χ1) is 22.5. The standard InChI is InChI=1S/C35H46N6O5S/c1-4-40(5-2)25(3)46-35(43)39-33(36)29-15-11-14-27(22-29)24-41(23-26-12-7-6-8-13-26)34(42)38-30-20-18-28(19-21-30)31-16-9-10-17-32(31)47(37,44)45/h9-11,14-22,25-26H,4-8,12-13,23-24H2,1-3H3,(H,38,42)(H2,36,39,43)(H2,37,44,45). The van der Waals surface area contributed by atoms with Gasteiger partial charge in [0, 0.05) is 29.9 Å². The molecule has 0 heterocycles. The smallest absolute Gasteiger partial charge is 0.429 e. The molecule has 0 bridgehead atoms. The number of urea groups is 1. The van der Waals surface area contributed by atoms with E-state index in [0.29, 0.717) is 41.4 Å². The predicted molar refractivity (Wildman–Crippen MR) is 185 cm³/mol. The fraction of sp³-hybridized carbons (Fsp3) is 0.400. The summed E-state index contributed by atoms with van der Waals surface area (Å²) in [5.74, 6) is 0.431. The van der Waals surface area contributed by atoms with Crippen molar-refractivity contribution in [2.45, 2.75) is 70.5 Å². The maximum atomic E-state index is 13.7. The number of benzene rings is 3. The number of aliphatic imine (C=N–C) groups is 1. The molecular formula is C35H46N6O5S. The monoisotopic (exact) mass is 662 g/mol. The van der Waals surface area contributed by atoms with Crippen molar-refractivity contribution in [3.05, 3.63) is 83.9 Å². The van der Waals surface area contributed by atoms with E-state index >= 15 is 0 Å². The Balaban J connectivity index is 1.50. The highest BCUT2D eigenvalue weighted by Gasteiger charge is 2.22. The summed E-state index contributed by atoms with van der Waals surface area (Å²) in [4.78, 5) is 34.0. The van der Waals surface area contributed by atoms with Gasteiger partial charge in [0.2, 0.25) is 10.0 Å². The van der Waals surface area contributed by atoms with Crippen LogP contribution in [0.4, 0.5) is 15.3 Å². The Bertz CT molecular complexity index is 1650. The number of primary sulfonamides is 1. The molecule has 1 fully saturated rings. The molecule has 1 saturated carbocycles. The van der Waals surface area contributed by atoms with Crippen LogP contribution in [-0.4, -0.2) is 62.0 Å². The van der Waals surface area contributed by atoms with Crippen molar-refractivity contribution in [3.63, 3.8) is 0 Å². The number of hydrogen-bond acceptors (Lipinski definition) is 6. The Morgan fingerprint density at radius 3 is 2.32 bits per heavy atom. The third kappa shape index (κ3) is 10.1. The number of carbonyl (C=O) groups is 2. The minimum atomic E-state index is -3.91. The molecular weight excluding hydrogens is 616 g/mol. The Kier molecular flexibility index (Phi) is 12.5. The molecule has 3 amide bonds. The predicted octanol–water partition coefficient (Wildman–Crippen LogP) is 6.15. The number of nitrogens with zero attached hydrogens (tertiary/aromatic N) is 3. The van der Waals surface area contributed by atoms with Gasteiger partial charge >= 0.3 is 12.1 Å². The molecule has 0 spiro atoms. The lowest BCUT2D eigenvalue weighted by molar-refractivity contribution is 0.00940. The van der Waals surface area contributed by atoms with E-state index < -0.39 is 22.3 Å². The van der Waals surface area contributed by atoms with E-state index in [0.717, 1.165) is 44.3 Å². The van der Waals surface area contributed by atoms with Gasteiger partial charge in [-0.25, -0.2) is 23.1 Å². The van der Waals surface area contributed by atoms with E-state index in [-0.39, 0.29) is 16.8 Å². The fourth-order valence-electron chi connectivity index (χ4n) is 5.99. The first-order valence-corrected chi connectivity index (χ1v) is 17.7. The quantitative estimate of drug-likeness (QED) is 0.119. The lowest BCUT2D eigenvalue weighted by Crippen LogP contribution is -2.38. The molecule has 0 aliphatic heterocycles. The van der Waals surface area contributed by atoms with Crippen LogP contribution >= 0.6 is 0 Å². The first kappa shape index (κ1) is 35.6. The van der Waals surface area contributed by atoms with Crippen molar-refractivity contribution in [2.75, 3.05) is 25.0 Å². The highest BCUT2D eigenvalue weighted by Crippen LogP contribution is 2.28. The number of hydrogen-bond donors (Lipinski definition) is 3. The zero-order chi connectivity index (χ0) is 34.0. The van der Waals surface area contributed by atoms with Crippen LogP contribution in [0.25, 0.3) is 11.1 Å². The van der Waals surface area contributed by atoms with Crippen molar-refractivity contribution in [1.82, 2.24) is 9.80 Å². The van der Waals surface area contributed by atoms with E-state index in [1.54, 1.807) is 60.4 Å². The molecule has 12 heteroatoms. The minimum absolute atomic E-state index is 0.0365. The van der Waals surface area contributed by atoms with Gasteiger partial charge in [0.15, 0.2) is 6.23 Å². The number of anilines is 1. The lowest BCUT2D eigenvalue weighted by Gasteiger charge is -2.30. The SMILES string of the molecule is CCN(CC)C(C)OC(=O)N=C(N)c1cccc(CN(CC2CCCCC2)C(=O)Nc2ccc(-c3ccccc3S(N)(=O)=O)cc2)c1. The van der Waals surface area contributed by atoms with E-state index in [1.807, 2.05) is 36.9 Å². The molecule has 1 unspecified atom stereocenters. The molecule has 0 aromatic heterocycles. The average Bonchev–Trinajstić information content (AvgIpc) is 3.05. The number of nitrogens with one attached hydrogen (secondary N) is 1. The second-order valence-electron chi connectivity index (χ2n) is 11.8. The Morgan fingerprint density at radius 1 is 0.979 bits per heavy atom. The van der Waals surface area contributed by atoms with E-state index in [9.17, 15) is 18.0 Å². The molecule has 1 atom stereocenters. The zero-order valence-corrected chi connectivity index (χ0v) is 28.2. The Morgan fingerprint density at radius 2 is 1.66 bits per heavy atom. The topological polar surface area (TPSA) is 160 Å². The Hall–Kier alpha value is -4.26. The van der Waals surface area contributed by atoms with Crippen LogP contribution in [0.15, 0.2) is 82.7 Å².